The molecule has 0 aliphatic carbocycles. The van der Waals surface area contributed by atoms with Crippen LogP contribution in [0, 0.1) is 0 Å². The predicted octanol–water partition coefficient (Wildman–Crippen LogP) is 1.10. The molecule has 3 aromatic rings. The lowest BCUT2D eigenvalue weighted by Crippen LogP contribution is -2.36. The number of nitrogens with zero attached hydrogens (tertiary/aromatic N) is 6. The molecule has 1 unspecified atom stereocenters. The van der Waals surface area contributed by atoms with Gasteiger partial charge in [-0.15, -0.1) is 14.8 Å². The van der Waals surface area contributed by atoms with Crippen molar-refractivity contribution in [2.45, 2.75) is 12.5 Å². The molecule has 0 saturated heterocycles. The van der Waals surface area contributed by atoms with Crippen molar-refractivity contribution in [3.05, 3.63) is 48.0 Å². The van der Waals surface area contributed by atoms with Gasteiger partial charge in [-0.25, -0.2) is 0 Å². The Morgan fingerprint density at radius 3 is 2.73 bits per heavy atom. The Balaban J connectivity index is 1.66. The minimum absolute atomic E-state index is 0.369. The number of tetrazole rings is 1. The van der Waals surface area contributed by atoms with Crippen molar-refractivity contribution in [2.75, 3.05) is 26.0 Å². The van der Waals surface area contributed by atoms with Crippen LogP contribution in [-0.4, -0.2) is 56.8 Å². The molecule has 0 radical (unpaired) electrons. The molecular formula is C15H19N7. The summed E-state index contributed by atoms with van der Waals surface area (Å²) in [6, 6.07) is 14.6. The molecular weight excluding hydrogens is 278 g/mol. The Kier molecular flexibility index (Phi) is 4.24. The Morgan fingerprint density at radius 1 is 1.14 bits per heavy atom. The standard InChI is InChI=1S/C15H19N7/c1-21(2)13(10-12-6-4-3-5-7-12)11-16-14-8-9-15-17-19-20-22(15)18-14/h3-9,13H,10-11H2,1-2H3,(H,16,18). The van der Waals surface area contributed by atoms with E-state index in [-0.39, 0.29) is 0 Å². The van der Waals surface area contributed by atoms with E-state index in [2.05, 4.69) is 69.2 Å². The average molecular weight is 297 g/mol. The van der Waals surface area contributed by atoms with Gasteiger partial charge in [-0.05, 0) is 48.6 Å². The van der Waals surface area contributed by atoms with Crippen LogP contribution in [0.4, 0.5) is 5.82 Å². The second-order valence-electron chi connectivity index (χ2n) is 5.43. The van der Waals surface area contributed by atoms with Gasteiger partial charge in [-0.3, -0.25) is 0 Å². The highest BCUT2D eigenvalue weighted by molar-refractivity contribution is 5.42. The number of hydrogen-bond acceptors (Lipinski definition) is 6. The van der Waals surface area contributed by atoms with Crippen LogP contribution in [0.3, 0.4) is 0 Å². The van der Waals surface area contributed by atoms with Crippen molar-refractivity contribution in [3.63, 3.8) is 0 Å². The lowest BCUT2D eigenvalue weighted by Gasteiger charge is -2.25. The summed E-state index contributed by atoms with van der Waals surface area (Å²) in [6.07, 6.45) is 0.980. The van der Waals surface area contributed by atoms with E-state index in [0.717, 1.165) is 18.8 Å². The fraction of sp³-hybridized carbons (Fsp3) is 0.333. The molecule has 0 amide bonds. The molecule has 0 bridgehead atoms. The molecule has 7 nitrogen and oxygen atoms in total. The first-order valence-corrected chi connectivity index (χ1v) is 7.22. The molecule has 0 aliphatic rings. The summed E-state index contributed by atoms with van der Waals surface area (Å²) < 4.78 is 1.42. The van der Waals surface area contributed by atoms with E-state index in [1.165, 1.54) is 10.2 Å². The van der Waals surface area contributed by atoms with Gasteiger partial charge in [-0.1, -0.05) is 30.3 Å². The topological polar surface area (TPSA) is 71.2 Å². The zero-order valence-electron chi connectivity index (χ0n) is 12.7. The Bertz CT molecular complexity index is 723. The summed E-state index contributed by atoms with van der Waals surface area (Å²) in [6.45, 7) is 0.794. The van der Waals surface area contributed by atoms with Gasteiger partial charge in [0.1, 0.15) is 5.82 Å². The summed E-state index contributed by atoms with van der Waals surface area (Å²) in [7, 11) is 4.18. The molecule has 114 valence electrons. The molecule has 3 rings (SSSR count). The van der Waals surface area contributed by atoms with Crippen LogP contribution < -0.4 is 5.32 Å². The maximum absolute atomic E-state index is 4.32. The summed E-state index contributed by atoms with van der Waals surface area (Å²) in [4.78, 5) is 2.22. The first-order valence-electron chi connectivity index (χ1n) is 7.22. The molecule has 2 heterocycles. The number of hydrogen-bond donors (Lipinski definition) is 1. The first-order chi connectivity index (χ1) is 10.7. The summed E-state index contributed by atoms with van der Waals surface area (Å²) in [5, 5.41) is 18.9. The van der Waals surface area contributed by atoms with E-state index in [1.54, 1.807) is 0 Å². The molecule has 0 aliphatic heterocycles. The number of aromatic nitrogens is 5. The number of fused-ring (bicyclic) bond motifs is 1. The van der Waals surface area contributed by atoms with Gasteiger partial charge in [0.25, 0.3) is 0 Å². The van der Waals surface area contributed by atoms with E-state index < -0.39 is 0 Å². The predicted molar refractivity (Wildman–Crippen MR) is 84.7 cm³/mol. The van der Waals surface area contributed by atoms with Gasteiger partial charge in [0.2, 0.25) is 0 Å². The second-order valence-corrected chi connectivity index (χ2v) is 5.43. The highest BCUT2D eigenvalue weighted by Crippen LogP contribution is 2.09. The molecule has 7 heteroatoms. The van der Waals surface area contributed by atoms with E-state index >= 15 is 0 Å². The quantitative estimate of drug-likeness (QED) is 0.735. The second kappa shape index (κ2) is 6.48. The summed E-state index contributed by atoms with van der Waals surface area (Å²) in [5.74, 6) is 0.764. The fourth-order valence-corrected chi connectivity index (χ4v) is 2.29. The SMILES string of the molecule is CN(C)C(CNc1ccc2nnnn2n1)Cc1ccccc1. The zero-order valence-corrected chi connectivity index (χ0v) is 12.7. The van der Waals surface area contributed by atoms with Gasteiger partial charge in [0.05, 0.1) is 0 Å². The van der Waals surface area contributed by atoms with Crippen molar-refractivity contribution in [2.24, 2.45) is 0 Å². The van der Waals surface area contributed by atoms with Gasteiger partial charge >= 0.3 is 0 Å². The average Bonchev–Trinajstić information content (AvgIpc) is 2.99. The number of nitrogens with one attached hydrogen (secondary N) is 1. The van der Waals surface area contributed by atoms with E-state index in [0.29, 0.717) is 11.7 Å². The number of benzene rings is 1. The maximum atomic E-state index is 4.32. The van der Waals surface area contributed by atoms with Crippen molar-refractivity contribution < 1.29 is 0 Å². The van der Waals surface area contributed by atoms with Crippen LogP contribution in [-0.2, 0) is 6.42 Å². The number of rotatable bonds is 6. The fourth-order valence-electron chi connectivity index (χ4n) is 2.29. The van der Waals surface area contributed by atoms with Crippen LogP contribution in [0.1, 0.15) is 5.56 Å². The van der Waals surface area contributed by atoms with Crippen LogP contribution >= 0.6 is 0 Å². The van der Waals surface area contributed by atoms with E-state index in [9.17, 15) is 0 Å². The number of likely N-dealkylation sites (N-methyl/N-ethyl adjacent to an activating group) is 1. The molecule has 22 heavy (non-hydrogen) atoms. The van der Waals surface area contributed by atoms with Crippen molar-refractivity contribution in [3.8, 4) is 0 Å². The van der Waals surface area contributed by atoms with Crippen LogP contribution in [0.2, 0.25) is 0 Å². The first kappa shape index (κ1) is 14.4. The van der Waals surface area contributed by atoms with Crippen molar-refractivity contribution in [1.82, 2.24) is 30.2 Å². The lowest BCUT2D eigenvalue weighted by atomic mass is 10.1. The molecule has 0 spiro atoms. The highest BCUT2D eigenvalue weighted by atomic mass is 15.6. The molecule has 1 aromatic carbocycles. The molecule has 1 atom stereocenters. The highest BCUT2D eigenvalue weighted by Gasteiger charge is 2.12. The van der Waals surface area contributed by atoms with Gasteiger partial charge < -0.3 is 10.2 Å². The normalized spacial score (nSPS) is 12.7. The molecule has 2 aromatic heterocycles. The molecule has 0 saturated carbocycles. The number of anilines is 1. The van der Waals surface area contributed by atoms with Gasteiger partial charge in [0.15, 0.2) is 5.65 Å². The maximum Gasteiger partial charge on any atom is 0.200 e. The third-order valence-electron chi connectivity index (χ3n) is 3.63. The van der Waals surface area contributed by atoms with Crippen molar-refractivity contribution in [1.29, 1.82) is 0 Å². The van der Waals surface area contributed by atoms with Crippen LogP contribution in [0.15, 0.2) is 42.5 Å². The zero-order chi connectivity index (χ0) is 15.4. The smallest absolute Gasteiger partial charge is 0.200 e. The van der Waals surface area contributed by atoms with Crippen LogP contribution in [0.25, 0.3) is 5.65 Å². The minimum Gasteiger partial charge on any atom is -0.367 e. The van der Waals surface area contributed by atoms with Gasteiger partial charge in [0, 0.05) is 12.6 Å². The summed E-state index contributed by atoms with van der Waals surface area (Å²) >= 11 is 0. The molecule has 1 N–H and O–H groups in total. The van der Waals surface area contributed by atoms with Crippen LogP contribution in [0.5, 0.6) is 0 Å². The monoisotopic (exact) mass is 297 g/mol. The minimum atomic E-state index is 0.369. The molecule has 0 fully saturated rings. The van der Waals surface area contributed by atoms with E-state index in [1.807, 2.05) is 18.2 Å². The third kappa shape index (κ3) is 3.37. The lowest BCUT2D eigenvalue weighted by molar-refractivity contribution is 0.303. The summed E-state index contributed by atoms with van der Waals surface area (Å²) in [5.41, 5.74) is 1.96. The Hall–Kier alpha value is -2.54. The Labute approximate surface area is 128 Å². The van der Waals surface area contributed by atoms with Crippen molar-refractivity contribution >= 4 is 11.5 Å². The van der Waals surface area contributed by atoms with Gasteiger partial charge in [-0.2, -0.15) is 0 Å². The third-order valence-corrected chi connectivity index (χ3v) is 3.63. The largest absolute Gasteiger partial charge is 0.367 e. The van der Waals surface area contributed by atoms with E-state index in [4.69, 9.17) is 0 Å². The Morgan fingerprint density at radius 2 is 1.95 bits per heavy atom.